The Morgan fingerprint density at radius 1 is 1.50 bits per heavy atom. The maximum atomic E-state index is 11.8. The third kappa shape index (κ3) is 4.11. The number of allylic oxidation sites excluding steroid dienone is 1. The summed E-state index contributed by atoms with van der Waals surface area (Å²) < 4.78 is 5.08. The minimum Gasteiger partial charge on any atom is -0.450 e. The molecule has 1 aliphatic rings. The molecule has 0 radical (unpaired) electrons. The first-order valence-corrected chi connectivity index (χ1v) is 7.57. The van der Waals surface area contributed by atoms with E-state index in [1.807, 2.05) is 31.2 Å². The number of nitrogens with zero attached hydrogens (tertiary/aromatic N) is 2. The van der Waals surface area contributed by atoms with Crippen LogP contribution < -0.4 is 0 Å². The third-order valence-corrected chi connectivity index (χ3v) is 3.74. The molecule has 0 spiro atoms. The smallest absolute Gasteiger partial charge is 0.409 e. The first-order chi connectivity index (χ1) is 10.5. The first kappa shape index (κ1) is 16.1. The lowest BCUT2D eigenvalue weighted by molar-refractivity contribution is 0.0862. The van der Waals surface area contributed by atoms with Gasteiger partial charge in [0.2, 0.25) is 0 Å². The second-order valence-electron chi connectivity index (χ2n) is 5.91. The molecule has 1 fully saturated rings. The minimum absolute atomic E-state index is 0.0934. The van der Waals surface area contributed by atoms with Crippen LogP contribution in [0.25, 0.3) is 0 Å². The Bertz CT molecular complexity index is 609. The molecular formula is C18H22N2O2. The van der Waals surface area contributed by atoms with Crippen molar-refractivity contribution < 1.29 is 9.53 Å². The Hall–Kier alpha value is -2.28. The quantitative estimate of drug-likeness (QED) is 0.747. The van der Waals surface area contributed by atoms with Crippen LogP contribution in [-0.4, -0.2) is 35.7 Å². The highest BCUT2D eigenvalue weighted by Gasteiger charge is 2.33. The molecule has 4 heteroatoms. The summed E-state index contributed by atoms with van der Waals surface area (Å²) in [5.41, 5.74) is 1.93. The van der Waals surface area contributed by atoms with Gasteiger partial charge in [-0.25, -0.2) is 9.78 Å². The molecule has 1 aromatic heterocycles. The Morgan fingerprint density at radius 3 is 2.95 bits per heavy atom. The predicted molar refractivity (Wildman–Crippen MR) is 86.2 cm³/mol. The van der Waals surface area contributed by atoms with Crippen molar-refractivity contribution in [3.8, 4) is 11.8 Å². The zero-order chi connectivity index (χ0) is 16.0. The molecule has 1 aliphatic heterocycles. The zero-order valence-corrected chi connectivity index (χ0v) is 13.4. The maximum Gasteiger partial charge on any atom is 0.409 e. The lowest BCUT2D eigenvalue weighted by Crippen LogP contribution is -2.45. The number of carbonyl (C=O) groups excluding carboxylic acids is 1. The summed E-state index contributed by atoms with van der Waals surface area (Å²) in [6.07, 6.45) is 4.30. The number of likely N-dealkylation sites (tertiary alicyclic amines) is 1. The number of piperidine rings is 1. The van der Waals surface area contributed by atoms with Gasteiger partial charge in [0, 0.05) is 24.7 Å². The second kappa shape index (κ2) is 7.13. The number of carbonyl (C=O) groups is 1. The highest BCUT2D eigenvalue weighted by molar-refractivity contribution is 5.68. The van der Waals surface area contributed by atoms with Gasteiger partial charge in [-0.15, -0.1) is 0 Å². The van der Waals surface area contributed by atoms with Gasteiger partial charge < -0.3 is 9.64 Å². The van der Waals surface area contributed by atoms with Crippen molar-refractivity contribution >= 4 is 6.09 Å². The SMILES string of the molecule is CCOC(=O)N1CC/C(=C\C#Cc2ccccn2)C(C)(C)C1. The number of amides is 1. The van der Waals surface area contributed by atoms with Crippen molar-refractivity contribution in [2.75, 3.05) is 19.7 Å². The van der Waals surface area contributed by atoms with Crippen molar-refractivity contribution in [1.29, 1.82) is 0 Å². The van der Waals surface area contributed by atoms with Crippen LogP contribution in [0.1, 0.15) is 32.9 Å². The molecule has 116 valence electrons. The topological polar surface area (TPSA) is 42.4 Å². The highest BCUT2D eigenvalue weighted by Crippen LogP contribution is 2.34. The molecule has 1 aromatic rings. The normalized spacial score (nSPS) is 18.5. The number of rotatable bonds is 1. The monoisotopic (exact) mass is 298 g/mol. The molecule has 2 rings (SSSR count). The lowest BCUT2D eigenvalue weighted by Gasteiger charge is -2.39. The van der Waals surface area contributed by atoms with E-state index in [4.69, 9.17) is 4.74 Å². The molecule has 4 nitrogen and oxygen atoms in total. The lowest BCUT2D eigenvalue weighted by atomic mass is 9.79. The second-order valence-corrected chi connectivity index (χ2v) is 5.91. The van der Waals surface area contributed by atoms with Crippen LogP contribution in [0.5, 0.6) is 0 Å². The van der Waals surface area contributed by atoms with Crippen LogP contribution in [0, 0.1) is 17.3 Å². The molecule has 22 heavy (non-hydrogen) atoms. The Balaban J connectivity index is 2.06. The minimum atomic E-state index is -0.228. The average Bonchev–Trinajstić information content (AvgIpc) is 2.49. The Labute approximate surface area is 132 Å². The van der Waals surface area contributed by atoms with E-state index in [0.29, 0.717) is 19.7 Å². The van der Waals surface area contributed by atoms with E-state index < -0.39 is 0 Å². The summed E-state index contributed by atoms with van der Waals surface area (Å²) >= 11 is 0. The number of pyridine rings is 1. The molecule has 0 aliphatic carbocycles. The van der Waals surface area contributed by atoms with Gasteiger partial charge in [-0.3, -0.25) is 0 Å². The fourth-order valence-corrected chi connectivity index (χ4v) is 2.52. The summed E-state index contributed by atoms with van der Waals surface area (Å²) in [4.78, 5) is 17.8. The van der Waals surface area contributed by atoms with Gasteiger partial charge in [-0.05, 0) is 37.5 Å². The van der Waals surface area contributed by atoms with Crippen molar-refractivity contribution in [2.24, 2.45) is 5.41 Å². The van der Waals surface area contributed by atoms with Gasteiger partial charge in [-0.1, -0.05) is 31.4 Å². The Morgan fingerprint density at radius 2 is 2.32 bits per heavy atom. The number of hydrogen-bond donors (Lipinski definition) is 0. The summed E-state index contributed by atoms with van der Waals surface area (Å²) in [5, 5.41) is 0. The van der Waals surface area contributed by atoms with Gasteiger partial charge in [-0.2, -0.15) is 0 Å². The van der Waals surface area contributed by atoms with E-state index in [0.717, 1.165) is 12.1 Å². The van der Waals surface area contributed by atoms with Gasteiger partial charge in [0.05, 0.1) is 6.61 Å². The van der Waals surface area contributed by atoms with E-state index in [1.165, 1.54) is 5.57 Å². The van der Waals surface area contributed by atoms with Crippen LogP contribution in [0.3, 0.4) is 0 Å². The Kier molecular flexibility index (Phi) is 5.21. The molecule has 0 aromatic carbocycles. The fourth-order valence-electron chi connectivity index (χ4n) is 2.52. The molecule has 0 saturated carbocycles. The van der Waals surface area contributed by atoms with Crippen molar-refractivity contribution in [2.45, 2.75) is 27.2 Å². The standard InChI is InChI=1S/C18H22N2O2/c1-4-22-17(21)20-13-11-15(18(2,3)14-20)8-7-10-16-9-5-6-12-19-16/h5-6,8-9,12H,4,11,13-14H2,1-3H3/b15-8+. The largest absolute Gasteiger partial charge is 0.450 e. The van der Waals surface area contributed by atoms with E-state index in [9.17, 15) is 4.79 Å². The predicted octanol–water partition coefficient (Wildman–Crippen LogP) is 3.25. The van der Waals surface area contributed by atoms with Crippen molar-refractivity contribution in [3.63, 3.8) is 0 Å². The summed E-state index contributed by atoms with van der Waals surface area (Å²) in [7, 11) is 0. The third-order valence-electron chi connectivity index (χ3n) is 3.74. The molecule has 2 heterocycles. The van der Waals surface area contributed by atoms with Crippen LogP contribution in [0.4, 0.5) is 4.79 Å². The summed E-state index contributed by atoms with van der Waals surface area (Å²) in [6.45, 7) is 7.83. The molecule has 0 bridgehead atoms. The fraction of sp³-hybridized carbons (Fsp3) is 0.444. The number of aromatic nitrogens is 1. The van der Waals surface area contributed by atoms with Crippen LogP contribution in [0.15, 0.2) is 36.0 Å². The molecule has 0 unspecified atom stereocenters. The number of hydrogen-bond acceptors (Lipinski definition) is 3. The van der Waals surface area contributed by atoms with Crippen molar-refractivity contribution in [1.82, 2.24) is 9.88 Å². The van der Waals surface area contributed by atoms with Gasteiger partial charge in [0.1, 0.15) is 5.69 Å². The average molecular weight is 298 g/mol. The highest BCUT2D eigenvalue weighted by atomic mass is 16.6. The zero-order valence-electron chi connectivity index (χ0n) is 13.4. The van der Waals surface area contributed by atoms with E-state index >= 15 is 0 Å². The van der Waals surface area contributed by atoms with Crippen LogP contribution in [-0.2, 0) is 4.74 Å². The van der Waals surface area contributed by atoms with E-state index in [1.54, 1.807) is 11.1 Å². The van der Waals surface area contributed by atoms with Gasteiger partial charge in [0.25, 0.3) is 0 Å². The molecule has 0 atom stereocenters. The van der Waals surface area contributed by atoms with Crippen molar-refractivity contribution in [3.05, 3.63) is 41.7 Å². The molecule has 1 amide bonds. The van der Waals surface area contributed by atoms with E-state index in [-0.39, 0.29) is 11.5 Å². The molecule has 1 saturated heterocycles. The maximum absolute atomic E-state index is 11.8. The van der Waals surface area contributed by atoms with Gasteiger partial charge in [0.15, 0.2) is 0 Å². The van der Waals surface area contributed by atoms with Gasteiger partial charge >= 0.3 is 6.09 Å². The van der Waals surface area contributed by atoms with E-state index in [2.05, 4.69) is 30.7 Å². The summed E-state index contributed by atoms with van der Waals surface area (Å²) in [5.74, 6) is 6.13. The summed E-state index contributed by atoms with van der Waals surface area (Å²) in [6, 6.07) is 5.68. The van der Waals surface area contributed by atoms with Crippen LogP contribution in [0.2, 0.25) is 0 Å². The number of ether oxygens (including phenoxy) is 1. The molecule has 0 N–H and O–H groups in total. The van der Waals surface area contributed by atoms with Crippen LogP contribution >= 0.6 is 0 Å². The molecular weight excluding hydrogens is 276 g/mol. The first-order valence-electron chi connectivity index (χ1n) is 7.57.